The molecule has 1 aliphatic rings. The van der Waals surface area contributed by atoms with Gasteiger partial charge in [-0.05, 0) is 43.3 Å². The highest BCUT2D eigenvalue weighted by Gasteiger charge is 2.36. The molecule has 0 aliphatic carbocycles. The summed E-state index contributed by atoms with van der Waals surface area (Å²) in [5, 5.41) is 6.16. The first-order chi connectivity index (χ1) is 8.55. The lowest BCUT2D eigenvalue weighted by Gasteiger charge is -2.26. The Hall–Kier alpha value is -0.650. The standard InChI is InChI=1S/C13H18BrN3S/c1-3-4-8-17-12(18)15-13(2,16-17)10-6-5-7-11(14)9-10/h5-7,9,16H,3-4,8H2,1-2H3,(H,15,18)/t13-/m0/s1. The van der Waals surface area contributed by atoms with Crippen molar-refractivity contribution in [2.45, 2.75) is 32.4 Å². The SMILES string of the molecule is CCCCN1N[C@@](C)(c2cccc(Br)c2)NC1=S. The first kappa shape index (κ1) is 13.8. The molecule has 3 nitrogen and oxygen atoms in total. The molecule has 5 heteroatoms. The van der Waals surface area contributed by atoms with Gasteiger partial charge in [0.1, 0.15) is 5.66 Å². The van der Waals surface area contributed by atoms with Gasteiger partial charge in [-0.1, -0.05) is 41.4 Å². The van der Waals surface area contributed by atoms with E-state index in [4.69, 9.17) is 12.2 Å². The Balaban J connectivity index is 2.16. The summed E-state index contributed by atoms with van der Waals surface area (Å²) in [5.74, 6) is 0. The lowest BCUT2D eigenvalue weighted by molar-refractivity contribution is 0.233. The summed E-state index contributed by atoms with van der Waals surface area (Å²) in [6.45, 7) is 5.22. The molecule has 2 rings (SSSR count). The third kappa shape index (κ3) is 2.84. The monoisotopic (exact) mass is 327 g/mol. The second-order valence-electron chi connectivity index (χ2n) is 4.68. The van der Waals surface area contributed by atoms with E-state index in [1.54, 1.807) is 0 Å². The number of hydrogen-bond acceptors (Lipinski definition) is 2. The Labute approximate surface area is 122 Å². The van der Waals surface area contributed by atoms with Crippen LogP contribution in [-0.2, 0) is 5.66 Å². The summed E-state index contributed by atoms with van der Waals surface area (Å²) < 4.78 is 1.07. The van der Waals surface area contributed by atoms with E-state index in [2.05, 4.69) is 52.7 Å². The molecular weight excluding hydrogens is 310 g/mol. The van der Waals surface area contributed by atoms with Gasteiger partial charge in [-0.15, -0.1) is 0 Å². The van der Waals surface area contributed by atoms with Gasteiger partial charge in [0, 0.05) is 11.0 Å². The Morgan fingerprint density at radius 3 is 2.89 bits per heavy atom. The average molecular weight is 328 g/mol. The van der Waals surface area contributed by atoms with E-state index in [0.717, 1.165) is 29.0 Å². The molecule has 1 heterocycles. The minimum atomic E-state index is -0.325. The number of unbranched alkanes of at least 4 members (excludes halogenated alkanes) is 1. The van der Waals surface area contributed by atoms with Crippen LogP contribution in [0.4, 0.5) is 0 Å². The highest BCUT2D eigenvalue weighted by molar-refractivity contribution is 9.10. The Morgan fingerprint density at radius 1 is 1.44 bits per heavy atom. The normalized spacial score (nSPS) is 23.3. The molecule has 2 N–H and O–H groups in total. The molecule has 1 aromatic carbocycles. The molecule has 1 aromatic rings. The fourth-order valence-corrected chi connectivity index (χ4v) is 2.78. The zero-order chi connectivity index (χ0) is 13.2. The molecule has 1 aliphatic heterocycles. The highest BCUT2D eigenvalue weighted by Crippen LogP contribution is 2.25. The van der Waals surface area contributed by atoms with E-state index < -0.39 is 0 Å². The maximum atomic E-state index is 5.38. The van der Waals surface area contributed by atoms with E-state index in [9.17, 15) is 0 Å². The van der Waals surface area contributed by atoms with Gasteiger partial charge in [0.05, 0.1) is 0 Å². The quantitative estimate of drug-likeness (QED) is 0.831. The number of thiocarbonyl (C=S) groups is 1. The predicted molar refractivity (Wildman–Crippen MR) is 82.0 cm³/mol. The lowest BCUT2D eigenvalue weighted by Crippen LogP contribution is -2.45. The van der Waals surface area contributed by atoms with Crippen LogP contribution in [0.25, 0.3) is 0 Å². The van der Waals surface area contributed by atoms with Crippen molar-refractivity contribution >= 4 is 33.3 Å². The van der Waals surface area contributed by atoms with E-state index in [-0.39, 0.29) is 5.66 Å². The number of hydrogen-bond donors (Lipinski definition) is 2. The van der Waals surface area contributed by atoms with Crippen molar-refractivity contribution in [1.29, 1.82) is 0 Å². The molecule has 0 radical (unpaired) electrons. The van der Waals surface area contributed by atoms with Crippen molar-refractivity contribution in [3.8, 4) is 0 Å². The third-order valence-electron chi connectivity index (χ3n) is 3.10. The maximum Gasteiger partial charge on any atom is 0.185 e. The van der Waals surface area contributed by atoms with Crippen LogP contribution < -0.4 is 10.7 Å². The summed E-state index contributed by atoms with van der Waals surface area (Å²) in [6, 6.07) is 8.25. The smallest absolute Gasteiger partial charge is 0.185 e. The number of rotatable bonds is 4. The molecular formula is C13H18BrN3S. The molecule has 1 atom stereocenters. The Morgan fingerprint density at radius 2 is 2.22 bits per heavy atom. The van der Waals surface area contributed by atoms with Crippen molar-refractivity contribution in [2.24, 2.45) is 0 Å². The Kier molecular flexibility index (Phi) is 4.25. The minimum absolute atomic E-state index is 0.325. The highest BCUT2D eigenvalue weighted by atomic mass is 79.9. The van der Waals surface area contributed by atoms with E-state index in [1.165, 1.54) is 5.56 Å². The van der Waals surface area contributed by atoms with Crippen LogP contribution in [0.15, 0.2) is 28.7 Å². The van der Waals surface area contributed by atoms with E-state index in [1.807, 2.05) is 17.1 Å². The molecule has 1 fully saturated rings. The van der Waals surface area contributed by atoms with Crippen molar-refractivity contribution in [3.63, 3.8) is 0 Å². The number of nitrogens with zero attached hydrogens (tertiary/aromatic N) is 1. The van der Waals surface area contributed by atoms with Crippen molar-refractivity contribution in [3.05, 3.63) is 34.3 Å². The molecule has 18 heavy (non-hydrogen) atoms. The number of hydrazine groups is 1. The maximum absolute atomic E-state index is 5.38. The predicted octanol–water partition coefficient (Wildman–Crippen LogP) is 3.12. The molecule has 0 saturated carbocycles. The molecule has 1 saturated heterocycles. The first-order valence-corrected chi connectivity index (χ1v) is 7.39. The topological polar surface area (TPSA) is 27.3 Å². The fraction of sp³-hybridized carbons (Fsp3) is 0.462. The van der Waals surface area contributed by atoms with Crippen molar-refractivity contribution in [2.75, 3.05) is 6.54 Å². The van der Waals surface area contributed by atoms with Gasteiger partial charge < -0.3 is 5.32 Å². The average Bonchev–Trinajstić information content (AvgIpc) is 2.63. The molecule has 0 amide bonds. The summed E-state index contributed by atoms with van der Waals surface area (Å²) >= 11 is 8.88. The molecule has 98 valence electrons. The van der Waals surface area contributed by atoms with Gasteiger partial charge in [-0.25, -0.2) is 5.43 Å². The number of benzene rings is 1. The summed E-state index contributed by atoms with van der Waals surface area (Å²) in [6.07, 6.45) is 2.29. The molecule has 0 bridgehead atoms. The molecule has 0 aromatic heterocycles. The van der Waals surface area contributed by atoms with Crippen molar-refractivity contribution in [1.82, 2.24) is 15.8 Å². The van der Waals surface area contributed by atoms with Gasteiger partial charge in [0.2, 0.25) is 0 Å². The van der Waals surface area contributed by atoms with Crippen LogP contribution in [0.1, 0.15) is 32.3 Å². The van der Waals surface area contributed by atoms with E-state index in [0.29, 0.717) is 0 Å². The zero-order valence-electron chi connectivity index (χ0n) is 10.7. The number of halogens is 1. The van der Waals surface area contributed by atoms with Gasteiger partial charge in [0.15, 0.2) is 5.11 Å². The number of nitrogens with one attached hydrogen (secondary N) is 2. The van der Waals surface area contributed by atoms with Crippen LogP contribution in [0.3, 0.4) is 0 Å². The fourth-order valence-electron chi connectivity index (χ4n) is 2.04. The van der Waals surface area contributed by atoms with Gasteiger partial charge in [-0.2, -0.15) is 0 Å². The van der Waals surface area contributed by atoms with Gasteiger partial charge in [0.25, 0.3) is 0 Å². The van der Waals surface area contributed by atoms with Crippen LogP contribution in [0.2, 0.25) is 0 Å². The first-order valence-electron chi connectivity index (χ1n) is 6.19. The van der Waals surface area contributed by atoms with Crippen molar-refractivity contribution < 1.29 is 0 Å². The third-order valence-corrected chi connectivity index (χ3v) is 3.91. The second-order valence-corrected chi connectivity index (χ2v) is 5.98. The van der Waals surface area contributed by atoms with Gasteiger partial charge >= 0.3 is 0 Å². The summed E-state index contributed by atoms with van der Waals surface area (Å²) in [7, 11) is 0. The summed E-state index contributed by atoms with van der Waals surface area (Å²) in [5.41, 5.74) is 4.30. The lowest BCUT2D eigenvalue weighted by atomic mass is 10.0. The van der Waals surface area contributed by atoms with Crippen LogP contribution in [0, 0.1) is 0 Å². The van der Waals surface area contributed by atoms with Crippen LogP contribution in [0.5, 0.6) is 0 Å². The van der Waals surface area contributed by atoms with Crippen LogP contribution in [-0.4, -0.2) is 16.7 Å². The largest absolute Gasteiger partial charge is 0.338 e. The second kappa shape index (κ2) is 5.55. The zero-order valence-corrected chi connectivity index (χ0v) is 13.1. The van der Waals surface area contributed by atoms with E-state index >= 15 is 0 Å². The van der Waals surface area contributed by atoms with Gasteiger partial charge in [-0.3, -0.25) is 5.01 Å². The summed E-state index contributed by atoms with van der Waals surface area (Å²) in [4.78, 5) is 0. The Bertz CT molecular complexity index is 452. The molecule has 0 spiro atoms. The molecule has 0 unspecified atom stereocenters. The minimum Gasteiger partial charge on any atom is -0.338 e. The van der Waals surface area contributed by atoms with Crippen LogP contribution >= 0.6 is 28.1 Å².